The van der Waals surface area contributed by atoms with Crippen LogP contribution < -0.4 is 0 Å². The van der Waals surface area contributed by atoms with Gasteiger partial charge in [0.2, 0.25) is 5.78 Å². The monoisotopic (exact) mass is 282 g/mol. The molecule has 2 N–H and O–H groups in total. The Morgan fingerprint density at radius 3 is 2.83 bits per heavy atom. The van der Waals surface area contributed by atoms with Crippen molar-refractivity contribution in [1.29, 1.82) is 0 Å². The van der Waals surface area contributed by atoms with Gasteiger partial charge >= 0.3 is 0 Å². The summed E-state index contributed by atoms with van der Waals surface area (Å²) in [6.07, 6.45) is -1.66. The third-order valence-electron chi connectivity index (χ3n) is 2.12. The number of aliphatic hydroxyl groups is 2. The van der Waals surface area contributed by atoms with E-state index in [1.54, 1.807) is 0 Å². The summed E-state index contributed by atoms with van der Waals surface area (Å²) in [5, 5.41) is 18.3. The first-order valence-corrected chi connectivity index (χ1v) is 4.62. The van der Waals surface area contributed by atoms with Crippen molar-refractivity contribution in [2.45, 2.75) is 18.3 Å². The fourth-order valence-corrected chi connectivity index (χ4v) is 2.15. The molecule has 4 nitrogen and oxygen atoms in total. The second-order valence-corrected chi connectivity index (χ2v) is 3.91. The van der Waals surface area contributed by atoms with Crippen molar-refractivity contribution in [3.05, 3.63) is 9.15 Å². The second kappa shape index (κ2) is 2.76. The van der Waals surface area contributed by atoms with Crippen molar-refractivity contribution < 1.29 is 19.7 Å². The smallest absolute Gasteiger partial charge is 0.200 e. The lowest BCUT2D eigenvalue weighted by Crippen LogP contribution is -2.31. The Kier molecular flexibility index (Phi) is 1.98. The molecule has 3 atom stereocenters. The highest BCUT2D eigenvalue weighted by molar-refractivity contribution is 14.1. The van der Waals surface area contributed by atoms with Gasteiger partial charge in [0.15, 0.2) is 6.10 Å². The topological polar surface area (TPSA) is 70.1 Å². The van der Waals surface area contributed by atoms with E-state index in [0.29, 0.717) is 9.15 Å². The van der Waals surface area contributed by atoms with E-state index in [1.165, 1.54) is 0 Å². The lowest BCUT2D eigenvalue weighted by Gasteiger charge is -2.16. The Balaban J connectivity index is 2.37. The predicted octanol–water partition coefficient (Wildman–Crippen LogP) is -0.621. The van der Waals surface area contributed by atoms with Crippen molar-refractivity contribution in [3.8, 4) is 0 Å². The first kappa shape index (κ1) is 8.61. The zero-order valence-electron chi connectivity index (χ0n) is 6.03. The zero-order valence-corrected chi connectivity index (χ0v) is 8.19. The Bertz CT molecular complexity index is 273. The van der Waals surface area contributed by atoms with Crippen LogP contribution in [0.15, 0.2) is 9.15 Å². The molecule has 1 aliphatic carbocycles. The molecular weight excluding hydrogens is 275 g/mol. The Morgan fingerprint density at radius 1 is 1.58 bits per heavy atom. The fraction of sp³-hybridized carbons (Fsp3) is 0.571. The molecule has 0 spiro atoms. The van der Waals surface area contributed by atoms with Crippen molar-refractivity contribution >= 4 is 28.4 Å². The molecule has 1 saturated heterocycles. The molecule has 0 aromatic heterocycles. The number of carbonyl (C=O) groups excluding carboxylic acids is 1. The highest BCUT2D eigenvalue weighted by Crippen LogP contribution is 2.39. The molecule has 0 radical (unpaired) electrons. The van der Waals surface area contributed by atoms with Gasteiger partial charge in [-0.2, -0.15) is 0 Å². The fourth-order valence-electron chi connectivity index (χ4n) is 1.35. The van der Waals surface area contributed by atoms with Gasteiger partial charge in [0, 0.05) is 5.57 Å². The minimum absolute atomic E-state index is 0.116. The van der Waals surface area contributed by atoms with Gasteiger partial charge in [0.05, 0.1) is 10.2 Å². The normalized spacial score (nSPS) is 39.9. The van der Waals surface area contributed by atoms with Crippen molar-refractivity contribution in [1.82, 2.24) is 0 Å². The summed E-state index contributed by atoms with van der Waals surface area (Å²) in [5.74, 6) is -0.116. The number of ether oxygens (including phenoxy) is 1. The second-order valence-electron chi connectivity index (χ2n) is 2.83. The van der Waals surface area contributed by atoms with E-state index in [0.717, 1.165) is 0 Å². The molecule has 0 bridgehead atoms. The lowest BCUT2D eigenvalue weighted by atomic mass is 9.96. The van der Waals surface area contributed by atoms with Crippen LogP contribution in [0.2, 0.25) is 0 Å². The number of ketones is 1. The number of hydrogen-bond acceptors (Lipinski definition) is 4. The van der Waals surface area contributed by atoms with E-state index in [-0.39, 0.29) is 12.4 Å². The summed E-state index contributed by atoms with van der Waals surface area (Å²) in [6, 6.07) is 0. The minimum atomic E-state index is -0.801. The van der Waals surface area contributed by atoms with Crippen LogP contribution >= 0.6 is 22.6 Å². The van der Waals surface area contributed by atoms with Gasteiger partial charge in [-0.3, -0.25) is 4.79 Å². The number of rotatable bonds is 1. The minimum Gasteiger partial charge on any atom is -0.392 e. The molecule has 66 valence electrons. The first-order valence-electron chi connectivity index (χ1n) is 3.54. The number of aliphatic hydroxyl groups excluding tert-OH is 2. The zero-order chi connectivity index (χ0) is 8.88. The Hall–Kier alpha value is 0.0200. The van der Waals surface area contributed by atoms with Crippen LogP contribution in [0.5, 0.6) is 0 Å². The molecule has 1 aliphatic heterocycles. The van der Waals surface area contributed by atoms with Gasteiger partial charge in [-0.05, 0) is 22.6 Å². The quantitative estimate of drug-likeness (QED) is 0.497. The summed E-state index contributed by atoms with van der Waals surface area (Å²) < 4.78 is 5.37. The van der Waals surface area contributed by atoms with Crippen LogP contribution in [-0.4, -0.2) is 40.9 Å². The van der Waals surface area contributed by atoms with E-state index in [2.05, 4.69) is 0 Å². The molecule has 0 amide bonds. The average Bonchev–Trinajstić information content (AvgIpc) is 2.81. The van der Waals surface area contributed by atoms with Crippen LogP contribution in [0.4, 0.5) is 0 Å². The van der Waals surface area contributed by atoms with Gasteiger partial charge in [-0.15, -0.1) is 0 Å². The molecule has 0 aromatic carbocycles. The molecule has 0 unspecified atom stereocenters. The number of Topliss-reactive ketones (excluding diaryl/α,β-unsaturated/α-hetero) is 1. The summed E-state index contributed by atoms with van der Waals surface area (Å²) in [5.41, 5.74) is 0.388. The molecule has 5 heteroatoms. The van der Waals surface area contributed by atoms with E-state index in [9.17, 15) is 9.90 Å². The number of carbonyl (C=O) groups is 1. The number of hydrogen-bond donors (Lipinski definition) is 2. The maximum absolute atomic E-state index is 11.3. The molecule has 12 heavy (non-hydrogen) atoms. The molecular formula is C7H7IO4. The number of epoxide rings is 1. The molecule has 1 fully saturated rings. The number of halogens is 1. The highest BCUT2D eigenvalue weighted by Gasteiger charge is 2.55. The van der Waals surface area contributed by atoms with Crippen molar-refractivity contribution in [3.63, 3.8) is 0 Å². The number of fused-ring (bicyclic) bond motifs is 1. The third-order valence-corrected chi connectivity index (χ3v) is 3.35. The highest BCUT2D eigenvalue weighted by atomic mass is 127. The molecule has 0 aromatic rings. The van der Waals surface area contributed by atoms with Crippen molar-refractivity contribution in [2.75, 3.05) is 6.61 Å². The lowest BCUT2D eigenvalue weighted by molar-refractivity contribution is -0.116. The average molecular weight is 282 g/mol. The Morgan fingerprint density at radius 2 is 2.25 bits per heavy atom. The molecule has 2 aliphatic rings. The maximum atomic E-state index is 11.3. The summed E-state index contributed by atoms with van der Waals surface area (Å²) in [6.45, 7) is -0.280. The first-order chi connectivity index (χ1) is 5.66. The van der Waals surface area contributed by atoms with E-state index < -0.39 is 18.3 Å². The van der Waals surface area contributed by atoms with Crippen LogP contribution in [0.3, 0.4) is 0 Å². The largest absolute Gasteiger partial charge is 0.392 e. The Labute approximate surface area is 82.4 Å². The van der Waals surface area contributed by atoms with Crippen LogP contribution in [-0.2, 0) is 9.53 Å². The summed E-state index contributed by atoms with van der Waals surface area (Å²) >= 11 is 1.83. The molecule has 2 rings (SSSR count). The summed E-state index contributed by atoms with van der Waals surface area (Å²) in [7, 11) is 0. The van der Waals surface area contributed by atoms with Crippen LogP contribution in [0, 0.1) is 0 Å². The van der Waals surface area contributed by atoms with Gasteiger partial charge in [-0.25, -0.2) is 0 Å². The predicted molar refractivity (Wildman–Crippen MR) is 47.8 cm³/mol. The van der Waals surface area contributed by atoms with E-state index >= 15 is 0 Å². The van der Waals surface area contributed by atoms with Gasteiger partial charge in [0.1, 0.15) is 12.2 Å². The van der Waals surface area contributed by atoms with Gasteiger partial charge in [-0.1, -0.05) is 0 Å². The standard InChI is InChI=1S/C7H7IO4/c8-3-2(1-9)4(10)6-7(12-6)5(3)11/h4,6-7,9-10H,1H2/t4-,6+,7-/m0/s1. The molecule has 0 saturated carbocycles. The SMILES string of the molecule is O=C1C(I)=C(CO)[C@H](O)[C@H]2O[C@@H]12. The van der Waals surface area contributed by atoms with Gasteiger partial charge in [0.25, 0.3) is 0 Å². The maximum Gasteiger partial charge on any atom is 0.200 e. The van der Waals surface area contributed by atoms with E-state index in [4.69, 9.17) is 9.84 Å². The molecule has 1 heterocycles. The summed E-state index contributed by atoms with van der Waals surface area (Å²) in [4.78, 5) is 11.3. The van der Waals surface area contributed by atoms with E-state index in [1.807, 2.05) is 22.6 Å². The van der Waals surface area contributed by atoms with Crippen LogP contribution in [0.1, 0.15) is 0 Å². The third kappa shape index (κ3) is 1.04. The van der Waals surface area contributed by atoms with Crippen LogP contribution in [0.25, 0.3) is 0 Å². The van der Waals surface area contributed by atoms with Crippen molar-refractivity contribution in [2.24, 2.45) is 0 Å². The van der Waals surface area contributed by atoms with Gasteiger partial charge < -0.3 is 14.9 Å².